The van der Waals surface area contributed by atoms with Gasteiger partial charge in [0.05, 0.1) is 12.5 Å². The topological polar surface area (TPSA) is 158 Å². The molecule has 3 rings (SSSR count). The Bertz CT molecular complexity index is 1370. The summed E-state index contributed by atoms with van der Waals surface area (Å²) in [6, 6.07) is 21.6. The van der Waals surface area contributed by atoms with Crippen LogP contribution in [0.4, 0.5) is 19.0 Å². The number of aliphatic carboxylic acids is 2. The highest BCUT2D eigenvalue weighted by molar-refractivity contribution is 5.88. The van der Waals surface area contributed by atoms with E-state index < -0.39 is 30.2 Å². The zero-order valence-electron chi connectivity index (χ0n) is 25.4. The van der Waals surface area contributed by atoms with Crippen molar-refractivity contribution in [2.24, 2.45) is 0 Å². The number of hydrogen-bond acceptors (Lipinski definition) is 6. The van der Waals surface area contributed by atoms with Crippen LogP contribution in [-0.4, -0.2) is 57.7 Å². The van der Waals surface area contributed by atoms with Crippen molar-refractivity contribution in [1.82, 2.24) is 15.6 Å². The van der Waals surface area contributed by atoms with Gasteiger partial charge < -0.3 is 26.2 Å². The largest absolute Gasteiger partial charge is 0.490 e. The van der Waals surface area contributed by atoms with Crippen LogP contribution in [0.5, 0.6) is 0 Å². The number of carbonyl (C=O) groups excluding carboxylic acids is 2. The molecule has 0 radical (unpaired) electrons. The summed E-state index contributed by atoms with van der Waals surface area (Å²) in [5.74, 6) is -3.53. The summed E-state index contributed by atoms with van der Waals surface area (Å²) in [7, 11) is 0. The molecule has 0 saturated heterocycles. The average molecular weight is 645 g/mol. The van der Waals surface area contributed by atoms with Gasteiger partial charge in [0.2, 0.25) is 11.8 Å². The van der Waals surface area contributed by atoms with Gasteiger partial charge in [0.1, 0.15) is 11.9 Å². The van der Waals surface area contributed by atoms with Crippen LogP contribution in [0.3, 0.4) is 0 Å². The third kappa shape index (κ3) is 14.2. The molecule has 1 unspecified atom stereocenters. The number of rotatable bonds is 16. The number of aromatic nitrogens is 1. The number of nitrogens with one attached hydrogen (secondary N) is 3. The molecule has 2 aromatic carbocycles. The van der Waals surface area contributed by atoms with Crippen molar-refractivity contribution in [1.29, 1.82) is 0 Å². The highest BCUT2D eigenvalue weighted by Crippen LogP contribution is 2.24. The van der Waals surface area contributed by atoms with E-state index in [0.717, 1.165) is 36.2 Å². The maximum atomic E-state index is 13.2. The number of benzene rings is 2. The average Bonchev–Trinajstić information content (AvgIpc) is 3.03. The summed E-state index contributed by atoms with van der Waals surface area (Å²) >= 11 is 0. The number of alkyl halides is 3. The van der Waals surface area contributed by atoms with Crippen LogP contribution in [-0.2, 0) is 19.2 Å². The fourth-order valence-electron chi connectivity index (χ4n) is 4.28. The van der Waals surface area contributed by atoms with E-state index in [-0.39, 0.29) is 18.2 Å². The molecule has 0 aliphatic rings. The Morgan fingerprint density at radius 1 is 0.826 bits per heavy atom. The minimum absolute atomic E-state index is 0.189. The highest BCUT2D eigenvalue weighted by Gasteiger charge is 2.38. The van der Waals surface area contributed by atoms with Gasteiger partial charge in [-0.15, -0.1) is 0 Å². The molecule has 46 heavy (non-hydrogen) atoms. The Morgan fingerprint density at radius 3 is 2.02 bits per heavy atom. The molecular weight excluding hydrogens is 605 g/mol. The Labute approximate surface area is 265 Å². The molecule has 0 bridgehead atoms. The van der Waals surface area contributed by atoms with Gasteiger partial charge in [0.15, 0.2) is 0 Å². The van der Waals surface area contributed by atoms with Crippen LogP contribution in [0.25, 0.3) is 11.1 Å². The van der Waals surface area contributed by atoms with Gasteiger partial charge in [-0.2, -0.15) is 13.2 Å². The fourth-order valence-corrected chi connectivity index (χ4v) is 4.28. The van der Waals surface area contributed by atoms with E-state index in [0.29, 0.717) is 31.4 Å². The molecule has 2 amide bonds. The predicted molar refractivity (Wildman–Crippen MR) is 167 cm³/mol. The second-order valence-electron chi connectivity index (χ2n) is 10.3. The lowest BCUT2D eigenvalue weighted by molar-refractivity contribution is -0.192. The van der Waals surface area contributed by atoms with Crippen LogP contribution < -0.4 is 16.0 Å². The van der Waals surface area contributed by atoms with Gasteiger partial charge in [-0.1, -0.05) is 80.4 Å². The number of pyridine rings is 1. The molecular formula is C33H39F3N4O6. The van der Waals surface area contributed by atoms with Crippen molar-refractivity contribution < 1.29 is 42.6 Å². The third-order valence-electron chi connectivity index (χ3n) is 6.66. The molecule has 0 saturated carbocycles. The summed E-state index contributed by atoms with van der Waals surface area (Å²) in [4.78, 5) is 50.6. The molecule has 2 atom stereocenters. The van der Waals surface area contributed by atoms with E-state index in [1.807, 2.05) is 79.7 Å². The third-order valence-corrected chi connectivity index (χ3v) is 6.66. The summed E-state index contributed by atoms with van der Waals surface area (Å²) in [5.41, 5.74) is 2.76. The van der Waals surface area contributed by atoms with E-state index in [4.69, 9.17) is 9.90 Å². The lowest BCUT2D eigenvalue weighted by Gasteiger charge is -2.23. The van der Waals surface area contributed by atoms with Crippen LogP contribution in [0, 0.1) is 0 Å². The number of amides is 2. The summed E-state index contributed by atoms with van der Waals surface area (Å²) in [5, 5.41) is 25.6. The van der Waals surface area contributed by atoms with Crippen molar-refractivity contribution in [2.75, 3.05) is 11.9 Å². The molecule has 10 nitrogen and oxygen atoms in total. The lowest BCUT2D eigenvalue weighted by Crippen LogP contribution is -2.47. The summed E-state index contributed by atoms with van der Waals surface area (Å²) in [6.07, 6.45) is 0.270. The van der Waals surface area contributed by atoms with Crippen molar-refractivity contribution in [3.8, 4) is 11.1 Å². The van der Waals surface area contributed by atoms with Crippen molar-refractivity contribution in [3.05, 3.63) is 84.6 Å². The minimum atomic E-state index is -5.08. The van der Waals surface area contributed by atoms with E-state index in [2.05, 4.69) is 20.9 Å². The Morgan fingerprint density at radius 2 is 1.46 bits per heavy atom. The number of unbranched alkanes of at least 4 members (excludes halogenated alkanes) is 2. The lowest BCUT2D eigenvalue weighted by atomic mass is 9.98. The second-order valence-corrected chi connectivity index (χ2v) is 10.3. The molecule has 13 heteroatoms. The smallest absolute Gasteiger partial charge is 0.481 e. The fraction of sp³-hybridized carbons (Fsp3) is 0.364. The maximum Gasteiger partial charge on any atom is 0.490 e. The van der Waals surface area contributed by atoms with Crippen LogP contribution >= 0.6 is 0 Å². The molecule has 0 fully saturated rings. The predicted octanol–water partition coefficient (Wildman–Crippen LogP) is 5.97. The molecule has 248 valence electrons. The molecule has 0 spiro atoms. The molecule has 0 aliphatic heterocycles. The zero-order valence-corrected chi connectivity index (χ0v) is 25.4. The van der Waals surface area contributed by atoms with Gasteiger partial charge in [-0.05, 0) is 48.1 Å². The normalized spacial score (nSPS) is 12.1. The first-order valence-corrected chi connectivity index (χ1v) is 14.8. The quantitative estimate of drug-likeness (QED) is 0.119. The number of hydrogen-bond donors (Lipinski definition) is 5. The van der Waals surface area contributed by atoms with Gasteiger partial charge >= 0.3 is 18.1 Å². The number of carboxylic acids is 2. The molecule has 0 aliphatic carbocycles. The van der Waals surface area contributed by atoms with Crippen LogP contribution in [0.2, 0.25) is 0 Å². The first kappa shape index (κ1) is 37.2. The van der Waals surface area contributed by atoms with Gasteiger partial charge in [0.25, 0.3) is 0 Å². The van der Waals surface area contributed by atoms with E-state index in [1.54, 1.807) is 6.20 Å². The maximum absolute atomic E-state index is 13.2. The van der Waals surface area contributed by atoms with E-state index >= 15 is 0 Å². The minimum Gasteiger partial charge on any atom is -0.481 e. The van der Waals surface area contributed by atoms with Gasteiger partial charge in [0, 0.05) is 19.2 Å². The molecule has 5 N–H and O–H groups in total. The number of nitrogens with zero attached hydrogens (tertiary/aromatic N) is 1. The number of carboxylic acid groups (broad SMARTS) is 2. The Balaban J connectivity index is 0.000000942. The highest BCUT2D eigenvalue weighted by atomic mass is 19.4. The van der Waals surface area contributed by atoms with Gasteiger partial charge in [-0.3, -0.25) is 14.4 Å². The first-order valence-electron chi connectivity index (χ1n) is 14.8. The molecule has 3 aromatic rings. The standard InChI is InChI=1S/C31H38N4O4.C2HF3O2/c1-2-3-13-26(34-29(36)15-8-10-21-33-28-14-7-9-20-32-28)31(39)35-27(22-30(37)38)25-18-16-24(17-19-25)23-11-5-4-6-12-23;3-2(4,5)1(6)7/h4-7,9,11-12,14,16-20,26-27H,2-3,8,10,13,15,21-22H2,1H3,(H,32,33)(H,34,36)(H,35,39)(H,37,38);(H,6,7)/t26-,27?;/m0./s1. The van der Waals surface area contributed by atoms with E-state index in [1.165, 1.54) is 0 Å². The summed E-state index contributed by atoms with van der Waals surface area (Å²) in [6.45, 7) is 2.72. The number of carbonyl (C=O) groups is 4. The van der Waals surface area contributed by atoms with E-state index in [9.17, 15) is 32.7 Å². The van der Waals surface area contributed by atoms with Crippen LogP contribution in [0.15, 0.2) is 79.0 Å². The molecule has 1 heterocycles. The summed E-state index contributed by atoms with van der Waals surface area (Å²) < 4.78 is 31.7. The SMILES string of the molecule is CCCC[C@H](NC(=O)CCCCNc1ccccn1)C(=O)NC(CC(=O)O)c1ccc(-c2ccccc2)cc1.O=C(O)C(F)(F)F. The zero-order chi connectivity index (χ0) is 34.0. The van der Waals surface area contributed by atoms with Crippen LogP contribution in [0.1, 0.15) is 63.5 Å². The van der Waals surface area contributed by atoms with Crippen molar-refractivity contribution in [2.45, 2.75) is 70.1 Å². The molecule has 1 aromatic heterocycles. The Hall–Kier alpha value is -4.94. The van der Waals surface area contributed by atoms with Crippen molar-refractivity contribution >= 4 is 29.6 Å². The second kappa shape index (κ2) is 19.4. The van der Waals surface area contributed by atoms with Crippen molar-refractivity contribution in [3.63, 3.8) is 0 Å². The first-order chi connectivity index (χ1) is 21.9. The monoisotopic (exact) mass is 644 g/mol. The Kier molecular flexibility index (Phi) is 15.7. The van der Waals surface area contributed by atoms with Gasteiger partial charge in [-0.25, -0.2) is 9.78 Å². The number of halogens is 3. The number of anilines is 1.